The molecular weight excluding hydrogens is 920 g/mol. The van der Waals surface area contributed by atoms with Crippen LogP contribution in [0, 0.1) is 0 Å². The molecule has 0 bridgehead atoms. The molecule has 14 heteroatoms. The summed E-state index contributed by atoms with van der Waals surface area (Å²) in [4.78, 5) is 41.1. The van der Waals surface area contributed by atoms with Crippen molar-refractivity contribution in [2.24, 2.45) is 0 Å². The zero-order valence-electron chi connectivity index (χ0n) is 38.6. The van der Waals surface area contributed by atoms with Crippen LogP contribution >= 0.6 is 58.2 Å². The van der Waals surface area contributed by atoms with Gasteiger partial charge >= 0.3 is 5.97 Å². The molecule has 0 spiro atoms. The first-order chi connectivity index (χ1) is 31.6. The lowest BCUT2D eigenvalue weighted by Gasteiger charge is -2.13. The van der Waals surface area contributed by atoms with Crippen LogP contribution in [0.2, 0.25) is 20.1 Å². The highest BCUT2D eigenvalue weighted by molar-refractivity contribution is 7.99. The summed E-state index contributed by atoms with van der Waals surface area (Å²) >= 11 is 27.8. The molecule has 0 aliphatic rings. The van der Waals surface area contributed by atoms with E-state index in [1.165, 1.54) is 125 Å². The normalized spacial score (nSPS) is 11.2. The van der Waals surface area contributed by atoms with Crippen molar-refractivity contribution in [3.05, 3.63) is 85.8 Å². The first kappa shape index (κ1) is 54.2. The van der Waals surface area contributed by atoms with E-state index in [-0.39, 0.29) is 45.7 Å². The highest BCUT2D eigenvalue weighted by Gasteiger charge is 2.28. The van der Waals surface area contributed by atoms with Gasteiger partial charge in [0.2, 0.25) is 5.88 Å². The van der Waals surface area contributed by atoms with Gasteiger partial charge in [0, 0.05) is 40.6 Å². The molecule has 0 saturated heterocycles. The summed E-state index contributed by atoms with van der Waals surface area (Å²) in [6.07, 6.45) is 25.0. The summed E-state index contributed by atoms with van der Waals surface area (Å²) in [6.45, 7) is 7.51. The number of nitrogens with zero attached hydrogens (tertiary/aromatic N) is 2. The quantitative estimate of drug-likeness (QED) is 0.0330. The summed E-state index contributed by atoms with van der Waals surface area (Å²) in [5.41, 5.74) is 1.52. The minimum Gasteiger partial charge on any atom is -0.406 e. The van der Waals surface area contributed by atoms with Crippen LogP contribution in [-0.2, 0) is 4.79 Å². The van der Waals surface area contributed by atoms with Crippen LogP contribution in [0.4, 0.5) is 11.5 Å². The predicted molar refractivity (Wildman–Crippen MR) is 273 cm³/mol. The van der Waals surface area contributed by atoms with Crippen LogP contribution in [0.15, 0.2) is 64.4 Å². The monoisotopic (exact) mass is 987 g/mol. The molecule has 3 N–H and O–H groups in total. The predicted octanol–water partition coefficient (Wildman–Crippen LogP) is 16.4. The van der Waals surface area contributed by atoms with E-state index >= 15 is 0 Å². The van der Waals surface area contributed by atoms with Crippen LogP contribution in [0.1, 0.15) is 183 Å². The number of esters is 1. The van der Waals surface area contributed by atoms with Crippen molar-refractivity contribution in [3.8, 4) is 11.6 Å². The lowest BCUT2D eigenvalue weighted by molar-refractivity contribution is -0.135. The number of amides is 2. The third-order valence-electron chi connectivity index (χ3n) is 11.1. The van der Waals surface area contributed by atoms with Gasteiger partial charge in [0.1, 0.15) is 10.6 Å². The maximum Gasteiger partial charge on any atom is 0.312 e. The van der Waals surface area contributed by atoms with Gasteiger partial charge in [0.15, 0.2) is 5.82 Å². The average Bonchev–Trinajstić information content (AvgIpc) is 3.59. The summed E-state index contributed by atoms with van der Waals surface area (Å²) < 4.78 is 7.43. The van der Waals surface area contributed by atoms with E-state index in [0.717, 1.165) is 32.1 Å². The van der Waals surface area contributed by atoms with E-state index in [1.807, 2.05) is 13.0 Å². The molecule has 0 fully saturated rings. The average molecular weight is 990 g/mol. The number of halogens is 4. The van der Waals surface area contributed by atoms with Crippen molar-refractivity contribution in [2.45, 2.75) is 172 Å². The van der Waals surface area contributed by atoms with Crippen molar-refractivity contribution in [1.29, 1.82) is 0 Å². The number of carbonyl (C=O) groups excluding carboxylic acids is 3. The van der Waals surface area contributed by atoms with Gasteiger partial charge in [-0.3, -0.25) is 14.4 Å². The minimum absolute atomic E-state index is 0.0411. The minimum atomic E-state index is -0.498. The zero-order chi connectivity index (χ0) is 46.8. The first-order valence-corrected chi connectivity index (χ1v) is 26.3. The summed E-state index contributed by atoms with van der Waals surface area (Å²) in [5, 5.41) is 15.3. The van der Waals surface area contributed by atoms with Crippen molar-refractivity contribution in [3.63, 3.8) is 0 Å². The maximum atomic E-state index is 13.4. The van der Waals surface area contributed by atoms with Gasteiger partial charge in [-0.2, -0.15) is 4.68 Å². The van der Waals surface area contributed by atoms with E-state index in [1.54, 1.807) is 36.4 Å². The molecule has 0 radical (unpaired) electrons. The number of aromatic nitrogens is 2. The van der Waals surface area contributed by atoms with E-state index in [2.05, 4.69) is 29.8 Å². The Morgan fingerprint density at radius 2 is 1.11 bits per heavy atom. The van der Waals surface area contributed by atoms with Crippen LogP contribution in [-0.4, -0.2) is 40.7 Å². The molecule has 356 valence electrons. The fourth-order valence-corrected chi connectivity index (χ4v) is 9.56. The molecule has 3 aromatic carbocycles. The van der Waals surface area contributed by atoms with Gasteiger partial charge in [0.05, 0.1) is 20.8 Å². The second-order valence-electron chi connectivity index (χ2n) is 16.7. The molecule has 0 atom stereocenters. The Bertz CT molecular complexity index is 2070. The fraction of sp³-hybridized carbons (Fsp3) is 0.529. The molecule has 0 aliphatic carbocycles. The number of anilines is 2. The fourth-order valence-electron chi connectivity index (χ4n) is 7.44. The molecule has 2 amide bonds. The molecule has 0 saturated carbocycles. The lowest BCUT2D eigenvalue weighted by atomic mass is 10.1. The second kappa shape index (κ2) is 30.8. The molecule has 1 aromatic heterocycles. The number of unbranched alkanes of at least 4 members (excludes halogenated alkanes) is 18. The Labute approximate surface area is 412 Å². The molecule has 0 unspecified atom stereocenters. The third-order valence-corrected chi connectivity index (χ3v) is 13.3. The molecule has 4 rings (SSSR count). The van der Waals surface area contributed by atoms with Crippen LogP contribution in [0.25, 0.3) is 5.69 Å². The first-order valence-electron chi connectivity index (χ1n) is 24.0. The molecule has 4 aromatic rings. The lowest BCUT2D eigenvalue weighted by Crippen LogP contribution is -2.24. The van der Waals surface area contributed by atoms with Gasteiger partial charge in [-0.1, -0.05) is 201 Å². The van der Waals surface area contributed by atoms with E-state index in [9.17, 15) is 14.4 Å². The van der Waals surface area contributed by atoms with Crippen molar-refractivity contribution < 1.29 is 19.1 Å². The topological polar surface area (TPSA) is 114 Å². The van der Waals surface area contributed by atoms with Gasteiger partial charge in [0.25, 0.3) is 11.8 Å². The van der Waals surface area contributed by atoms with Crippen molar-refractivity contribution in [2.75, 3.05) is 18.4 Å². The van der Waals surface area contributed by atoms with Crippen LogP contribution in [0.5, 0.6) is 5.88 Å². The smallest absolute Gasteiger partial charge is 0.312 e. The standard InChI is InChI=1S/C51H69Cl4N5O4S/c1-4-7-9-11-13-15-17-19-21-23-31-56-49(62)37-27-25-28-40(33-37)65-47-48(59-60(51(47)64-45(61)26-6-3)46-42(54)35-39(52)36-43(46)55)58-44-34-38(29-30-41(44)53)50(63)57-32-24-22-20-18-16-14-12-10-8-5-2/h25,27-30,33-36H,4-24,26,31-32H2,1-3H3,(H,56,62)(H,57,63)(H,58,59). The summed E-state index contributed by atoms with van der Waals surface area (Å²) in [6, 6.07) is 15.2. The van der Waals surface area contributed by atoms with Gasteiger partial charge in [-0.25, -0.2) is 0 Å². The molecule has 0 aliphatic heterocycles. The number of benzene rings is 3. The molecular formula is C51H69Cl4N5O4S. The number of ether oxygens (including phenoxy) is 1. The summed E-state index contributed by atoms with van der Waals surface area (Å²) in [7, 11) is 0. The second-order valence-corrected chi connectivity index (χ2v) is 19.4. The molecule has 65 heavy (non-hydrogen) atoms. The van der Waals surface area contributed by atoms with Gasteiger partial charge in [-0.15, -0.1) is 5.10 Å². The Morgan fingerprint density at radius 3 is 1.63 bits per heavy atom. The van der Waals surface area contributed by atoms with Crippen LogP contribution < -0.4 is 20.7 Å². The number of hydrogen-bond acceptors (Lipinski definition) is 7. The van der Waals surface area contributed by atoms with Gasteiger partial charge < -0.3 is 20.7 Å². The Hall–Kier alpha value is -3.41. The van der Waals surface area contributed by atoms with Crippen LogP contribution in [0.3, 0.4) is 0 Å². The van der Waals surface area contributed by atoms with Crippen molar-refractivity contribution in [1.82, 2.24) is 20.4 Å². The number of rotatable bonds is 32. The number of hydrogen-bond donors (Lipinski definition) is 3. The number of carbonyl (C=O) groups is 3. The van der Waals surface area contributed by atoms with Crippen molar-refractivity contribution >= 4 is 87.5 Å². The highest BCUT2D eigenvalue weighted by atomic mass is 35.5. The molecule has 9 nitrogen and oxygen atoms in total. The van der Waals surface area contributed by atoms with E-state index in [4.69, 9.17) is 56.2 Å². The summed E-state index contributed by atoms with van der Waals surface area (Å²) in [5.74, 6) is -0.626. The number of nitrogens with one attached hydrogen (secondary N) is 3. The van der Waals surface area contributed by atoms with E-state index < -0.39 is 5.97 Å². The Morgan fingerprint density at radius 1 is 0.600 bits per heavy atom. The maximum absolute atomic E-state index is 13.4. The highest BCUT2D eigenvalue weighted by Crippen LogP contribution is 2.46. The van der Waals surface area contributed by atoms with Gasteiger partial charge in [-0.05, 0) is 67.8 Å². The largest absolute Gasteiger partial charge is 0.406 e. The molecule has 1 heterocycles. The SMILES string of the molecule is CCCCCCCCCCCCNC(=O)c1cccc(Sc2c(Nc3cc(C(=O)NCCCCCCCCCCCC)ccc3Cl)nn(-c3c(Cl)cc(Cl)cc3Cl)c2OC(=O)CCC)c1. The third kappa shape index (κ3) is 19.0. The Kier molecular flexibility index (Phi) is 25.7. The van der Waals surface area contributed by atoms with E-state index in [0.29, 0.717) is 56.2 Å². The Balaban J connectivity index is 1.54. The zero-order valence-corrected chi connectivity index (χ0v) is 42.5.